The van der Waals surface area contributed by atoms with E-state index in [9.17, 15) is 10.1 Å². The molecule has 0 aromatic heterocycles. The summed E-state index contributed by atoms with van der Waals surface area (Å²) in [5, 5.41) is 12.6. The van der Waals surface area contributed by atoms with E-state index in [0.717, 1.165) is 5.56 Å². The van der Waals surface area contributed by atoms with Gasteiger partial charge in [0.05, 0.1) is 6.04 Å². The summed E-state index contributed by atoms with van der Waals surface area (Å²) in [4.78, 5) is 12.2. The van der Waals surface area contributed by atoms with Crippen molar-refractivity contribution in [3.8, 4) is 6.07 Å². The second-order valence-corrected chi connectivity index (χ2v) is 5.27. The molecule has 1 atom stereocenters. The van der Waals surface area contributed by atoms with Crippen LogP contribution >= 0.6 is 11.6 Å². The molecule has 0 aliphatic rings. The fourth-order valence-electron chi connectivity index (χ4n) is 2.01. The van der Waals surface area contributed by atoms with Crippen molar-refractivity contribution in [2.45, 2.75) is 13.0 Å². The molecule has 110 valence electrons. The minimum absolute atomic E-state index is 0.0463. The third-order valence-corrected chi connectivity index (χ3v) is 3.41. The van der Waals surface area contributed by atoms with Crippen molar-refractivity contribution in [2.75, 3.05) is 0 Å². The molecule has 0 aliphatic heterocycles. The van der Waals surface area contributed by atoms with Gasteiger partial charge in [-0.3, -0.25) is 4.79 Å². The van der Waals surface area contributed by atoms with Crippen molar-refractivity contribution in [3.63, 3.8) is 0 Å². The van der Waals surface area contributed by atoms with E-state index < -0.39 is 5.91 Å². The van der Waals surface area contributed by atoms with Crippen molar-refractivity contribution < 1.29 is 4.79 Å². The number of nitrogens with one attached hydrogen (secondary N) is 1. The van der Waals surface area contributed by atoms with E-state index in [4.69, 9.17) is 11.6 Å². The lowest BCUT2D eigenvalue weighted by atomic mass is 10.1. The summed E-state index contributed by atoms with van der Waals surface area (Å²) in [6, 6.07) is 18.3. The van der Waals surface area contributed by atoms with Crippen molar-refractivity contribution in [1.82, 2.24) is 5.32 Å². The second-order valence-electron chi connectivity index (χ2n) is 4.83. The molecule has 0 saturated carbocycles. The lowest BCUT2D eigenvalue weighted by Gasteiger charge is -2.13. The number of nitrogens with zero attached hydrogens (tertiary/aromatic N) is 1. The molecule has 22 heavy (non-hydrogen) atoms. The van der Waals surface area contributed by atoms with Gasteiger partial charge in [-0.15, -0.1) is 0 Å². The number of amides is 1. The van der Waals surface area contributed by atoms with Crippen molar-refractivity contribution in [3.05, 3.63) is 76.3 Å². The Hall–Kier alpha value is -2.57. The molecule has 0 saturated heterocycles. The maximum atomic E-state index is 12.2. The number of hydrogen-bond acceptors (Lipinski definition) is 2. The number of carbonyl (C=O) groups excluding carboxylic acids is 1. The largest absolute Gasteiger partial charge is 0.345 e. The first-order chi connectivity index (χ1) is 10.6. The Morgan fingerprint density at radius 1 is 1.23 bits per heavy atom. The Morgan fingerprint density at radius 3 is 2.59 bits per heavy atom. The van der Waals surface area contributed by atoms with Gasteiger partial charge >= 0.3 is 0 Å². The van der Waals surface area contributed by atoms with Crippen LogP contribution in [0.5, 0.6) is 0 Å². The summed E-state index contributed by atoms with van der Waals surface area (Å²) < 4.78 is 0. The Kier molecular flexibility index (Phi) is 5.35. The molecule has 0 heterocycles. The number of halogens is 1. The first-order valence-electron chi connectivity index (χ1n) is 6.83. The van der Waals surface area contributed by atoms with Crippen molar-refractivity contribution in [2.24, 2.45) is 0 Å². The highest BCUT2D eigenvalue weighted by Gasteiger charge is 2.13. The summed E-state index contributed by atoms with van der Waals surface area (Å²) in [6.07, 6.45) is 1.53. The van der Waals surface area contributed by atoms with Gasteiger partial charge in [0.2, 0.25) is 0 Å². The molecule has 0 bridgehead atoms. The third kappa shape index (κ3) is 4.21. The summed E-state index contributed by atoms with van der Waals surface area (Å²) in [5.74, 6) is -0.404. The summed E-state index contributed by atoms with van der Waals surface area (Å²) in [6.45, 7) is 1.88. The van der Waals surface area contributed by atoms with Crippen LogP contribution in [0.4, 0.5) is 0 Å². The molecule has 0 spiro atoms. The molecule has 0 radical (unpaired) electrons. The molecule has 1 amide bonds. The van der Waals surface area contributed by atoms with E-state index in [1.165, 1.54) is 6.08 Å². The molecule has 2 aromatic carbocycles. The number of hydrogen-bond donors (Lipinski definition) is 1. The summed E-state index contributed by atoms with van der Waals surface area (Å²) >= 11 is 5.90. The van der Waals surface area contributed by atoms with E-state index in [2.05, 4.69) is 5.32 Å². The fraction of sp³-hybridized carbons (Fsp3) is 0.111. The lowest BCUT2D eigenvalue weighted by Crippen LogP contribution is -2.27. The third-order valence-electron chi connectivity index (χ3n) is 3.17. The number of benzene rings is 2. The molecule has 4 heteroatoms. The average Bonchev–Trinajstić information content (AvgIpc) is 2.53. The molecule has 2 rings (SSSR count). The SMILES string of the molecule is C[C@@H](NC(=O)/C(C#N)=C\c1cccc(Cl)c1)c1ccccc1. The predicted molar refractivity (Wildman–Crippen MR) is 88.0 cm³/mol. The van der Waals surface area contributed by atoms with Gasteiger partial charge in [0.15, 0.2) is 0 Å². The van der Waals surface area contributed by atoms with Crippen molar-refractivity contribution in [1.29, 1.82) is 5.26 Å². The van der Waals surface area contributed by atoms with E-state index >= 15 is 0 Å². The maximum absolute atomic E-state index is 12.2. The number of carbonyl (C=O) groups is 1. The smallest absolute Gasteiger partial charge is 0.262 e. The first-order valence-corrected chi connectivity index (χ1v) is 7.21. The second kappa shape index (κ2) is 7.44. The highest BCUT2D eigenvalue weighted by atomic mass is 35.5. The topological polar surface area (TPSA) is 52.9 Å². The minimum Gasteiger partial charge on any atom is -0.345 e. The van der Waals surface area contributed by atoms with Gasteiger partial charge in [-0.1, -0.05) is 54.1 Å². The number of rotatable bonds is 4. The molecule has 3 nitrogen and oxygen atoms in total. The Bertz CT molecular complexity index is 732. The van der Waals surface area contributed by atoms with Gasteiger partial charge in [0.1, 0.15) is 11.6 Å². The maximum Gasteiger partial charge on any atom is 0.262 e. The van der Waals surface area contributed by atoms with E-state index in [-0.39, 0.29) is 11.6 Å². The monoisotopic (exact) mass is 310 g/mol. The number of nitriles is 1. The van der Waals surface area contributed by atoms with Crippen LogP contribution in [0.2, 0.25) is 5.02 Å². The first kappa shape index (κ1) is 15.8. The van der Waals surface area contributed by atoms with Gasteiger partial charge in [-0.25, -0.2) is 0 Å². The highest BCUT2D eigenvalue weighted by molar-refractivity contribution is 6.30. The predicted octanol–water partition coefficient (Wildman–Crippen LogP) is 4.12. The van der Waals surface area contributed by atoms with Gasteiger partial charge in [-0.2, -0.15) is 5.26 Å². The van der Waals surface area contributed by atoms with Crippen LogP contribution < -0.4 is 5.32 Å². The summed E-state index contributed by atoms with van der Waals surface area (Å²) in [7, 11) is 0. The van der Waals surface area contributed by atoms with Crippen LogP contribution in [-0.4, -0.2) is 5.91 Å². The zero-order valence-electron chi connectivity index (χ0n) is 12.1. The Balaban J connectivity index is 2.14. The minimum atomic E-state index is -0.404. The van der Waals surface area contributed by atoms with Gasteiger partial charge in [-0.05, 0) is 36.3 Å². The normalized spacial score (nSPS) is 12.3. The fourth-order valence-corrected chi connectivity index (χ4v) is 2.21. The molecule has 0 fully saturated rings. The van der Waals surface area contributed by atoms with Crippen LogP contribution in [-0.2, 0) is 4.79 Å². The van der Waals surface area contributed by atoms with Gasteiger partial charge in [0, 0.05) is 5.02 Å². The molecule has 2 aromatic rings. The highest BCUT2D eigenvalue weighted by Crippen LogP contribution is 2.15. The van der Waals surface area contributed by atoms with E-state index in [1.807, 2.05) is 43.3 Å². The lowest BCUT2D eigenvalue weighted by molar-refractivity contribution is -0.117. The Morgan fingerprint density at radius 2 is 1.95 bits per heavy atom. The van der Waals surface area contributed by atoms with E-state index in [1.54, 1.807) is 24.3 Å². The molecule has 0 unspecified atom stereocenters. The van der Waals surface area contributed by atoms with Crippen LogP contribution in [0.25, 0.3) is 6.08 Å². The zero-order valence-corrected chi connectivity index (χ0v) is 12.8. The summed E-state index contributed by atoms with van der Waals surface area (Å²) in [5.41, 5.74) is 1.74. The average molecular weight is 311 g/mol. The van der Waals surface area contributed by atoms with Crippen LogP contribution in [0.1, 0.15) is 24.1 Å². The molecule has 0 aliphatic carbocycles. The van der Waals surface area contributed by atoms with Gasteiger partial charge < -0.3 is 5.32 Å². The molecule has 1 N–H and O–H groups in total. The standard InChI is InChI=1S/C18H15ClN2O/c1-13(15-7-3-2-4-8-15)21-18(22)16(12-20)10-14-6-5-9-17(19)11-14/h2-11,13H,1H3,(H,21,22)/b16-10-/t13-/m1/s1. The van der Waals surface area contributed by atoms with Crippen molar-refractivity contribution >= 4 is 23.6 Å². The van der Waals surface area contributed by atoms with Crippen LogP contribution in [0, 0.1) is 11.3 Å². The molecular weight excluding hydrogens is 296 g/mol. The Labute approximate surface area is 134 Å². The van der Waals surface area contributed by atoms with Crippen LogP contribution in [0.3, 0.4) is 0 Å². The zero-order chi connectivity index (χ0) is 15.9. The van der Waals surface area contributed by atoms with E-state index in [0.29, 0.717) is 10.6 Å². The quantitative estimate of drug-likeness (QED) is 0.682. The van der Waals surface area contributed by atoms with Crippen LogP contribution in [0.15, 0.2) is 60.2 Å². The molecular formula is C18H15ClN2O. The van der Waals surface area contributed by atoms with Gasteiger partial charge in [0.25, 0.3) is 5.91 Å².